The predicted molar refractivity (Wildman–Crippen MR) is 64.7 cm³/mol. The van der Waals surface area contributed by atoms with Crippen molar-refractivity contribution in [1.29, 1.82) is 0 Å². The molecule has 90 valence electrons. The summed E-state index contributed by atoms with van der Waals surface area (Å²) < 4.78 is 0. The normalized spacial score (nSPS) is 15.4. The van der Waals surface area contributed by atoms with Crippen molar-refractivity contribution in [2.75, 3.05) is 6.54 Å². The number of amides is 2. The smallest absolute Gasteiger partial charge is 0.261 e. The Hall–Kier alpha value is -1.68. The van der Waals surface area contributed by atoms with E-state index in [2.05, 4.69) is 0 Å². The molecule has 2 amide bonds. The van der Waals surface area contributed by atoms with E-state index in [-0.39, 0.29) is 17.4 Å². The zero-order chi connectivity index (χ0) is 12.6. The maximum Gasteiger partial charge on any atom is 0.261 e. The summed E-state index contributed by atoms with van der Waals surface area (Å²) in [6.07, 6.45) is 0.596. The molecule has 2 N–H and O–H groups in total. The maximum atomic E-state index is 12.0. The molecule has 1 aromatic rings. The molecule has 1 heterocycles. The Balaban J connectivity index is 2.19. The summed E-state index contributed by atoms with van der Waals surface area (Å²) in [7, 11) is 0. The third-order valence-corrected chi connectivity index (χ3v) is 2.86. The van der Waals surface area contributed by atoms with E-state index in [9.17, 15) is 9.59 Å². The zero-order valence-electron chi connectivity index (χ0n) is 10.1. The second-order valence-corrected chi connectivity index (χ2v) is 5.05. The predicted octanol–water partition coefficient (Wildman–Crippen LogP) is 1.41. The van der Waals surface area contributed by atoms with Crippen molar-refractivity contribution in [3.63, 3.8) is 0 Å². The van der Waals surface area contributed by atoms with Gasteiger partial charge in [-0.3, -0.25) is 14.5 Å². The van der Waals surface area contributed by atoms with Crippen molar-refractivity contribution < 1.29 is 9.59 Å². The number of hydrogen-bond acceptors (Lipinski definition) is 3. The molecule has 0 fully saturated rings. The van der Waals surface area contributed by atoms with Gasteiger partial charge in [-0.2, -0.15) is 0 Å². The van der Waals surface area contributed by atoms with Gasteiger partial charge in [0.2, 0.25) is 0 Å². The molecule has 0 saturated carbocycles. The minimum absolute atomic E-state index is 0.213. The highest BCUT2D eigenvalue weighted by Gasteiger charge is 2.35. The SMILES string of the molecule is CC(C)(N)CCN1C(=O)c2ccccc2C1=O. The fraction of sp³-hybridized carbons (Fsp3) is 0.385. The van der Waals surface area contributed by atoms with Crippen LogP contribution in [0.25, 0.3) is 0 Å². The van der Waals surface area contributed by atoms with Crippen molar-refractivity contribution in [2.24, 2.45) is 5.73 Å². The van der Waals surface area contributed by atoms with Gasteiger partial charge in [-0.25, -0.2) is 0 Å². The molecule has 0 unspecified atom stereocenters. The van der Waals surface area contributed by atoms with E-state index >= 15 is 0 Å². The molecular formula is C13H16N2O2. The van der Waals surface area contributed by atoms with E-state index in [1.165, 1.54) is 4.90 Å². The van der Waals surface area contributed by atoms with Crippen LogP contribution in [0.2, 0.25) is 0 Å². The lowest BCUT2D eigenvalue weighted by Crippen LogP contribution is -2.39. The zero-order valence-corrected chi connectivity index (χ0v) is 10.1. The summed E-state index contributed by atoms with van der Waals surface area (Å²) in [5.41, 5.74) is 6.47. The van der Waals surface area contributed by atoms with Crippen LogP contribution in [0.3, 0.4) is 0 Å². The van der Waals surface area contributed by atoms with Gasteiger partial charge in [-0.15, -0.1) is 0 Å². The Labute approximate surface area is 100 Å². The van der Waals surface area contributed by atoms with Crippen molar-refractivity contribution in [3.8, 4) is 0 Å². The highest BCUT2D eigenvalue weighted by Crippen LogP contribution is 2.23. The molecule has 0 saturated heterocycles. The second kappa shape index (κ2) is 3.96. The van der Waals surface area contributed by atoms with Crippen molar-refractivity contribution in [1.82, 2.24) is 4.90 Å². The van der Waals surface area contributed by atoms with Gasteiger partial charge < -0.3 is 5.73 Å². The second-order valence-electron chi connectivity index (χ2n) is 5.05. The van der Waals surface area contributed by atoms with E-state index in [0.717, 1.165) is 0 Å². The number of fused-ring (bicyclic) bond motifs is 1. The maximum absolute atomic E-state index is 12.0. The molecular weight excluding hydrogens is 216 g/mol. The van der Waals surface area contributed by atoms with Crippen molar-refractivity contribution in [2.45, 2.75) is 25.8 Å². The van der Waals surface area contributed by atoms with Gasteiger partial charge in [0, 0.05) is 12.1 Å². The van der Waals surface area contributed by atoms with Crippen LogP contribution in [0, 0.1) is 0 Å². The van der Waals surface area contributed by atoms with Crippen LogP contribution in [0.4, 0.5) is 0 Å². The molecule has 0 spiro atoms. The first kappa shape index (κ1) is 11.8. The quantitative estimate of drug-likeness (QED) is 0.801. The molecule has 17 heavy (non-hydrogen) atoms. The topological polar surface area (TPSA) is 63.4 Å². The number of hydrogen-bond donors (Lipinski definition) is 1. The molecule has 4 heteroatoms. The minimum Gasteiger partial charge on any atom is -0.325 e. The minimum atomic E-state index is -0.380. The van der Waals surface area contributed by atoms with Crippen LogP contribution in [-0.4, -0.2) is 28.8 Å². The molecule has 0 atom stereocenters. The molecule has 1 aliphatic rings. The monoisotopic (exact) mass is 232 g/mol. The van der Waals surface area contributed by atoms with Crippen LogP contribution in [0.1, 0.15) is 41.0 Å². The number of nitrogens with zero attached hydrogens (tertiary/aromatic N) is 1. The van der Waals surface area contributed by atoms with E-state index in [0.29, 0.717) is 24.1 Å². The molecule has 1 aliphatic heterocycles. The van der Waals surface area contributed by atoms with E-state index in [1.807, 2.05) is 13.8 Å². The van der Waals surface area contributed by atoms with Gasteiger partial charge in [0.15, 0.2) is 0 Å². The van der Waals surface area contributed by atoms with Crippen LogP contribution in [-0.2, 0) is 0 Å². The lowest BCUT2D eigenvalue weighted by molar-refractivity contribution is 0.0645. The average Bonchev–Trinajstić information content (AvgIpc) is 2.49. The molecule has 0 aromatic heterocycles. The summed E-state index contributed by atoms with van der Waals surface area (Å²) in [6, 6.07) is 6.90. The Bertz CT molecular complexity index is 440. The molecule has 4 nitrogen and oxygen atoms in total. The van der Waals surface area contributed by atoms with Gasteiger partial charge in [-0.1, -0.05) is 12.1 Å². The number of carbonyl (C=O) groups is 2. The van der Waals surface area contributed by atoms with Gasteiger partial charge in [0.1, 0.15) is 0 Å². The van der Waals surface area contributed by atoms with Crippen LogP contribution in [0.15, 0.2) is 24.3 Å². The Morgan fingerprint density at radius 1 is 1.12 bits per heavy atom. The Morgan fingerprint density at radius 3 is 2.00 bits per heavy atom. The third-order valence-electron chi connectivity index (χ3n) is 2.86. The molecule has 1 aromatic carbocycles. The van der Waals surface area contributed by atoms with Gasteiger partial charge in [0.25, 0.3) is 11.8 Å². The number of nitrogens with two attached hydrogens (primary N) is 1. The lowest BCUT2D eigenvalue weighted by atomic mass is 10.0. The summed E-state index contributed by atoms with van der Waals surface area (Å²) in [6.45, 7) is 4.13. The molecule has 0 radical (unpaired) electrons. The molecule has 0 bridgehead atoms. The van der Waals surface area contributed by atoms with Gasteiger partial charge >= 0.3 is 0 Å². The number of benzene rings is 1. The first-order chi connectivity index (χ1) is 7.90. The summed E-state index contributed by atoms with van der Waals surface area (Å²) in [4.78, 5) is 25.3. The van der Waals surface area contributed by atoms with E-state index in [1.54, 1.807) is 24.3 Å². The van der Waals surface area contributed by atoms with Crippen molar-refractivity contribution >= 4 is 11.8 Å². The van der Waals surface area contributed by atoms with Crippen molar-refractivity contribution in [3.05, 3.63) is 35.4 Å². The third kappa shape index (κ3) is 2.22. The summed E-state index contributed by atoms with van der Waals surface area (Å²) in [5.74, 6) is -0.426. The fourth-order valence-corrected chi connectivity index (χ4v) is 1.84. The van der Waals surface area contributed by atoms with E-state index in [4.69, 9.17) is 5.73 Å². The first-order valence-corrected chi connectivity index (χ1v) is 5.64. The first-order valence-electron chi connectivity index (χ1n) is 5.64. The summed E-state index contributed by atoms with van der Waals surface area (Å²) in [5, 5.41) is 0. The largest absolute Gasteiger partial charge is 0.325 e. The summed E-state index contributed by atoms with van der Waals surface area (Å²) >= 11 is 0. The highest BCUT2D eigenvalue weighted by molar-refractivity contribution is 6.21. The molecule has 0 aliphatic carbocycles. The molecule has 2 rings (SSSR count). The Morgan fingerprint density at radius 2 is 1.59 bits per heavy atom. The van der Waals surface area contributed by atoms with Gasteiger partial charge in [0.05, 0.1) is 11.1 Å². The fourth-order valence-electron chi connectivity index (χ4n) is 1.84. The number of carbonyl (C=O) groups excluding carboxylic acids is 2. The lowest BCUT2D eigenvalue weighted by Gasteiger charge is -2.22. The Kier molecular flexibility index (Phi) is 2.75. The highest BCUT2D eigenvalue weighted by atomic mass is 16.2. The van der Waals surface area contributed by atoms with Gasteiger partial charge in [-0.05, 0) is 32.4 Å². The van der Waals surface area contributed by atoms with E-state index < -0.39 is 0 Å². The van der Waals surface area contributed by atoms with Crippen LogP contribution >= 0.6 is 0 Å². The number of imide groups is 1. The van der Waals surface area contributed by atoms with Crippen LogP contribution in [0.5, 0.6) is 0 Å². The number of rotatable bonds is 3. The standard InChI is InChI=1S/C13H16N2O2/c1-13(2,14)7-8-15-11(16)9-5-3-4-6-10(9)12(15)17/h3-6H,7-8,14H2,1-2H3. The average molecular weight is 232 g/mol. The van der Waals surface area contributed by atoms with Crippen LogP contribution < -0.4 is 5.73 Å².